The molecule has 1 aromatic rings. The van der Waals surface area contributed by atoms with E-state index >= 15 is 0 Å². The van der Waals surface area contributed by atoms with Crippen LogP contribution in [0.5, 0.6) is 0 Å². The first-order chi connectivity index (χ1) is 13.3. The van der Waals surface area contributed by atoms with Crippen LogP contribution in [-0.4, -0.2) is 42.1 Å². The van der Waals surface area contributed by atoms with Gasteiger partial charge in [-0.05, 0) is 55.3 Å². The number of nitrogens with zero attached hydrogens (tertiary/aromatic N) is 1. The summed E-state index contributed by atoms with van der Waals surface area (Å²) in [6, 6.07) is 0.194. The van der Waals surface area contributed by atoms with Gasteiger partial charge in [0.2, 0.25) is 11.7 Å². The number of hydrogen-bond donors (Lipinski definition) is 2. The van der Waals surface area contributed by atoms with Gasteiger partial charge < -0.3 is 19.8 Å². The van der Waals surface area contributed by atoms with E-state index in [0.717, 1.165) is 25.9 Å². The fraction of sp³-hybridized carbons (Fsp3) is 0.762. The zero-order valence-electron chi connectivity index (χ0n) is 17.2. The smallest absolute Gasteiger partial charge is 0.288 e. The lowest BCUT2D eigenvalue weighted by molar-refractivity contribution is -0.135. The number of fused-ring (bicyclic) bond motifs is 1. The van der Waals surface area contributed by atoms with Gasteiger partial charge in [0.15, 0.2) is 6.39 Å². The van der Waals surface area contributed by atoms with Gasteiger partial charge in [-0.25, -0.2) is 4.98 Å². The Hall–Kier alpha value is -1.89. The molecule has 1 aliphatic heterocycles. The van der Waals surface area contributed by atoms with E-state index in [1.54, 1.807) is 13.8 Å². The number of amides is 2. The third-order valence-corrected chi connectivity index (χ3v) is 7.64. The molecule has 2 bridgehead atoms. The first-order valence-corrected chi connectivity index (χ1v) is 10.3. The summed E-state index contributed by atoms with van der Waals surface area (Å²) in [4.78, 5) is 28.1. The molecule has 5 atom stereocenters. The Morgan fingerprint density at radius 2 is 2.14 bits per heavy atom. The Balaban J connectivity index is 1.43. The van der Waals surface area contributed by atoms with Crippen molar-refractivity contribution in [3.63, 3.8) is 0 Å². The van der Waals surface area contributed by atoms with Crippen LogP contribution in [0.15, 0.2) is 10.8 Å². The van der Waals surface area contributed by atoms with Crippen molar-refractivity contribution in [3.8, 4) is 0 Å². The minimum absolute atomic E-state index is 0.0523. The molecule has 2 amide bonds. The number of aromatic nitrogens is 1. The summed E-state index contributed by atoms with van der Waals surface area (Å²) < 4.78 is 11.3. The van der Waals surface area contributed by atoms with E-state index in [0.29, 0.717) is 24.1 Å². The Morgan fingerprint density at radius 3 is 2.82 bits per heavy atom. The second kappa shape index (κ2) is 6.87. The Kier molecular flexibility index (Phi) is 4.76. The van der Waals surface area contributed by atoms with Gasteiger partial charge in [0.25, 0.3) is 5.91 Å². The Labute approximate surface area is 166 Å². The van der Waals surface area contributed by atoms with Crippen LogP contribution in [0, 0.1) is 29.6 Å². The lowest BCUT2D eigenvalue weighted by Gasteiger charge is -2.53. The van der Waals surface area contributed by atoms with Gasteiger partial charge in [0.05, 0.1) is 11.8 Å². The van der Waals surface area contributed by atoms with Crippen LogP contribution in [0.2, 0.25) is 0 Å². The molecule has 1 spiro atoms. The monoisotopic (exact) mass is 389 g/mol. The number of nitrogens with one attached hydrogen (secondary N) is 2. The molecule has 2 saturated carbocycles. The molecule has 7 nitrogen and oxygen atoms in total. The van der Waals surface area contributed by atoms with Crippen molar-refractivity contribution >= 4 is 11.8 Å². The van der Waals surface area contributed by atoms with Gasteiger partial charge >= 0.3 is 0 Å². The minimum Gasteiger partial charge on any atom is -0.438 e. The van der Waals surface area contributed by atoms with Crippen molar-refractivity contribution < 1.29 is 18.7 Å². The van der Waals surface area contributed by atoms with E-state index in [4.69, 9.17) is 9.15 Å². The predicted molar refractivity (Wildman–Crippen MR) is 103 cm³/mol. The van der Waals surface area contributed by atoms with Gasteiger partial charge in [0.1, 0.15) is 0 Å². The third kappa shape index (κ3) is 2.95. The molecule has 1 saturated heterocycles. The average molecular weight is 389 g/mol. The van der Waals surface area contributed by atoms with Crippen molar-refractivity contribution in [2.75, 3.05) is 13.2 Å². The highest BCUT2D eigenvalue weighted by Crippen LogP contribution is 2.68. The fourth-order valence-corrected chi connectivity index (χ4v) is 6.33. The first-order valence-electron chi connectivity index (χ1n) is 10.3. The molecule has 2 heterocycles. The highest BCUT2D eigenvalue weighted by molar-refractivity contribution is 5.92. The molecule has 0 aromatic carbocycles. The molecule has 0 radical (unpaired) electrons. The number of carbonyl (C=O) groups excluding carboxylic acids is 2. The van der Waals surface area contributed by atoms with E-state index in [9.17, 15) is 9.59 Å². The SMILES string of the molecule is CC(=O)N[C@H]1C(C)(C)[C@@H]2C[C@@H]3[C@@H](CCNC(=O)c4ocnc4C)OCC[C@@]31C2. The third-order valence-electron chi connectivity index (χ3n) is 7.64. The second-order valence-corrected chi connectivity index (χ2v) is 9.40. The van der Waals surface area contributed by atoms with Crippen LogP contribution in [0.1, 0.15) is 62.7 Å². The molecule has 154 valence electrons. The van der Waals surface area contributed by atoms with E-state index in [1.165, 1.54) is 12.8 Å². The molecule has 3 fully saturated rings. The molecule has 3 aliphatic rings. The van der Waals surface area contributed by atoms with Gasteiger partial charge in [-0.15, -0.1) is 0 Å². The maximum absolute atomic E-state index is 12.2. The summed E-state index contributed by atoms with van der Waals surface area (Å²) in [6.07, 6.45) is 5.48. The van der Waals surface area contributed by atoms with Crippen LogP contribution < -0.4 is 10.6 Å². The van der Waals surface area contributed by atoms with Gasteiger partial charge in [0, 0.05) is 26.1 Å². The van der Waals surface area contributed by atoms with E-state index in [2.05, 4.69) is 29.5 Å². The summed E-state index contributed by atoms with van der Waals surface area (Å²) in [5.74, 6) is 1.13. The zero-order valence-corrected chi connectivity index (χ0v) is 17.2. The largest absolute Gasteiger partial charge is 0.438 e. The molecule has 1 aromatic heterocycles. The quantitative estimate of drug-likeness (QED) is 0.807. The summed E-state index contributed by atoms with van der Waals surface area (Å²) in [5, 5.41) is 6.22. The predicted octanol–water partition coefficient (Wildman–Crippen LogP) is 2.45. The van der Waals surface area contributed by atoms with Crippen molar-refractivity contribution in [1.29, 1.82) is 0 Å². The molecular formula is C21H31N3O4. The highest BCUT2D eigenvalue weighted by atomic mass is 16.5. The normalized spacial score (nSPS) is 35.4. The maximum atomic E-state index is 12.2. The van der Waals surface area contributed by atoms with Gasteiger partial charge in [-0.2, -0.15) is 0 Å². The van der Waals surface area contributed by atoms with Crippen LogP contribution in [0.25, 0.3) is 0 Å². The Morgan fingerprint density at radius 1 is 1.36 bits per heavy atom. The number of aryl methyl sites for hydroxylation is 1. The molecule has 28 heavy (non-hydrogen) atoms. The molecule has 2 aliphatic carbocycles. The summed E-state index contributed by atoms with van der Waals surface area (Å²) in [7, 11) is 0. The maximum Gasteiger partial charge on any atom is 0.288 e. The van der Waals surface area contributed by atoms with Crippen molar-refractivity contribution in [3.05, 3.63) is 17.8 Å². The van der Waals surface area contributed by atoms with Crippen LogP contribution in [0.4, 0.5) is 0 Å². The van der Waals surface area contributed by atoms with Gasteiger partial charge in [-0.3, -0.25) is 9.59 Å². The molecule has 0 unspecified atom stereocenters. The second-order valence-electron chi connectivity index (χ2n) is 9.40. The molecular weight excluding hydrogens is 358 g/mol. The lowest BCUT2D eigenvalue weighted by atomic mass is 9.59. The van der Waals surface area contributed by atoms with Crippen LogP contribution >= 0.6 is 0 Å². The highest BCUT2D eigenvalue weighted by Gasteiger charge is 2.68. The summed E-state index contributed by atoms with van der Waals surface area (Å²) in [5.41, 5.74) is 0.829. The fourth-order valence-electron chi connectivity index (χ4n) is 6.33. The van der Waals surface area contributed by atoms with Crippen molar-refractivity contribution in [1.82, 2.24) is 15.6 Å². The first kappa shape index (κ1) is 19.4. The summed E-state index contributed by atoms with van der Waals surface area (Å²) in [6.45, 7) is 9.22. The molecule has 7 heteroatoms. The van der Waals surface area contributed by atoms with Crippen LogP contribution in [-0.2, 0) is 9.53 Å². The van der Waals surface area contributed by atoms with E-state index < -0.39 is 0 Å². The van der Waals surface area contributed by atoms with E-state index in [-0.39, 0.29) is 40.6 Å². The number of rotatable bonds is 5. The standard InChI is InChI=1S/C21H31N3O4/c1-12-17(28-11-23-12)18(26)22-7-5-16-15-9-14-10-21(15,6-8-27-16)19(20(14,3)4)24-13(2)25/h11,14-16,19H,5-10H2,1-4H3,(H,22,26)(H,24,25)/t14-,15-,16-,19+,21-/m1/s1. The summed E-state index contributed by atoms with van der Waals surface area (Å²) >= 11 is 0. The topological polar surface area (TPSA) is 93.5 Å². The molecule has 4 rings (SSSR count). The van der Waals surface area contributed by atoms with Gasteiger partial charge in [-0.1, -0.05) is 13.8 Å². The van der Waals surface area contributed by atoms with Crippen molar-refractivity contribution in [2.45, 2.75) is 65.5 Å². The Bertz CT molecular complexity index is 773. The number of hydrogen-bond acceptors (Lipinski definition) is 5. The lowest BCUT2D eigenvalue weighted by Crippen LogP contribution is -2.60. The zero-order chi connectivity index (χ0) is 20.1. The average Bonchev–Trinajstić information content (AvgIpc) is 3.28. The van der Waals surface area contributed by atoms with Crippen molar-refractivity contribution in [2.24, 2.45) is 22.7 Å². The van der Waals surface area contributed by atoms with E-state index in [1.807, 2.05) is 0 Å². The minimum atomic E-state index is -0.231. The number of oxazole rings is 1. The van der Waals surface area contributed by atoms with Crippen LogP contribution in [0.3, 0.4) is 0 Å². The number of ether oxygens (including phenoxy) is 1. The molecule has 2 N–H and O–H groups in total. The number of carbonyl (C=O) groups is 2.